The minimum atomic E-state index is -2.66. The van der Waals surface area contributed by atoms with Gasteiger partial charge in [0.25, 0.3) is 0 Å². The van der Waals surface area contributed by atoms with Gasteiger partial charge in [0, 0.05) is 17.0 Å². The summed E-state index contributed by atoms with van der Waals surface area (Å²) in [7, 11) is -2.66. The normalized spacial score (nSPS) is 15.3. The maximum absolute atomic E-state index is 12.6. The Morgan fingerprint density at radius 1 is 1.32 bits per heavy atom. The van der Waals surface area contributed by atoms with E-state index >= 15 is 0 Å². The summed E-state index contributed by atoms with van der Waals surface area (Å²) < 4.78 is 18.2. The van der Waals surface area contributed by atoms with Gasteiger partial charge in [0.2, 0.25) is 7.37 Å². The summed E-state index contributed by atoms with van der Waals surface area (Å²) in [5.41, 5.74) is 2.00. The van der Waals surface area contributed by atoms with E-state index in [1.165, 1.54) is 0 Å². The average molecular weight is 301 g/mol. The van der Waals surface area contributed by atoms with Gasteiger partial charge in [-0.05, 0) is 36.6 Å². The Morgan fingerprint density at radius 3 is 2.47 bits per heavy atom. The van der Waals surface area contributed by atoms with Crippen molar-refractivity contribution in [1.29, 1.82) is 0 Å². The average Bonchev–Trinajstić information content (AvgIpc) is 2.39. The summed E-state index contributed by atoms with van der Waals surface area (Å²) in [6, 6.07) is 7.53. The molecule has 19 heavy (non-hydrogen) atoms. The molecule has 106 valence electrons. The molecule has 1 aromatic rings. The van der Waals surface area contributed by atoms with Gasteiger partial charge in [0.05, 0.1) is 6.61 Å². The summed E-state index contributed by atoms with van der Waals surface area (Å²) in [5.74, 6) is 1.78. The van der Waals surface area contributed by atoms with Gasteiger partial charge in [0.15, 0.2) is 0 Å². The van der Waals surface area contributed by atoms with E-state index in [-0.39, 0.29) is 0 Å². The Bertz CT molecular complexity index is 466. The van der Waals surface area contributed by atoms with Crippen molar-refractivity contribution >= 4 is 24.5 Å². The molecule has 4 heteroatoms. The van der Waals surface area contributed by atoms with Crippen LogP contribution in [0.25, 0.3) is 5.57 Å². The molecule has 0 radical (unpaired) electrons. The molecule has 0 amide bonds. The van der Waals surface area contributed by atoms with E-state index in [0.29, 0.717) is 17.8 Å². The third-order valence-electron chi connectivity index (χ3n) is 2.94. The zero-order valence-electron chi connectivity index (χ0n) is 11.9. The van der Waals surface area contributed by atoms with Gasteiger partial charge in [0.1, 0.15) is 0 Å². The summed E-state index contributed by atoms with van der Waals surface area (Å²) in [4.78, 5) is 0. The first kappa shape index (κ1) is 16.5. The molecule has 0 N–H and O–H groups in total. The van der Waals surface area contributed by atoms with Crippen LogP contribution in [0.1, 0.15) is 39.2 Å². The standard InChI is InChI=1S/C15H22ClO2P/c1-4-6-11-18-19(17,5-2)12-13(3)14-7-9-15(16)10-8-14/h7-10,12H,4-6,11H2,1-3H3. The van der Waals surface area contributed by atoms with Crippen LogP contribution in [0.5, 0.6) is 0 Å². The third-order valence-corrected chi connectivity index (χ3v) is 5.47. The topological polar surface area (TPSA) is 26.3 Å². The van der Waals surface area contributed by atoms with Gasteiger partial charge in [-0.3, -0.25) is 4.57 Å². The molecule has 0 fully saturated rings. The highest BCUT2D eigenvalue weighted by atomic mass is 35.5. The fraction of sp³-hybridized carbons (Fsp3) is 0.467. The Morgan fingerprint density at radius 2 is 1.95 bits per heavy atom. The van der Waals surface area contributed by atoms with Crippen molar-refractivity contribution in [3.05, 3.63) is 40.7 Å². The second-order valence-electron chi connectivity index (χ2n) is 4.55. The van der Waals surface area contributed by atoms with Crippen molar-refractivity contribution in [2.45, 2.75) is 33.6 Å². The molecule has 0 saturated heterocycles. The van der Waals surface area contributed by atoms with E-state index < -0.39 is 7.37 Å². The van der Waals surface area contributed by atoms with Crippen LogP contribution in [-0.2, 0) is 9.09 Å². The summed E-state index contributed by atoms with van der Waals surface area (Å²) in [6.45, 7) is 6.51. The first-order chi connectivity index (χ1) is 9.00. The Balaban J connectivity index is 2.84. The molecule has 0 aromatic heterocycles. The van der Waals surface area contributed by atoms with Crippen LogP contribution in [0.15, 0.2) is 30.1 Å². The second kappa shape index (κ2) is 7.89. The van der Waals surface area contributed by atoms with Crippen molar-refractivity contribution in [3.8, 4) is 0 Å². The van der Waals surface area contributed by atoms with E-state index in [9.17, 15) is 4.57 Å². The molecule has 0 aliphatic carbocycles. The minimum absolute atomic E-state index is 0.529. The van der Waals surface area contributed by atoms with Gasteiger partial charge < -0.3 is 4.52 Å². The Labute approximate surface area is 121 Å². The molecule has 0 bridgehead atoms. The fourth-order valence-electron chi connectivity index (χ4n) is 1.67. The van der Waals surface area contributed by atoms with E-state index in [1.54, 1.807) is 5.82 Å². The summed E-state index contributed by atoms with van der Waals surface area (Å²) in [6.07, 6.45) is 2.52. The molecule has 1 rings (SSSR count). The SMILES string of the molecule is CCCCOP(=O)(C=C(C)c1ccc(Cl)cc1)CC. The van der Waals surface area contributed by atoms with Crippen LogP contribution >= 0.6 is 19.0 Å². The molecular formula is C15H22ClO2P. The zero-order chi connectivity index (χ0) is 14.3. The highest BCUT2D eigenvalue weighted by Crippen LogP contribution is 2.50. The monoisotopic (exact) mass is 300 g/mol. The van der Waals surface area contributed by atoms with Crippen molar-refractivity contribution in [1.82, 2.24) is 0 Å². The number of hydrogen-bond donors (Lipinski definition) is 0. The summed E-state index contributed by atoms with van der Waals surface area (Å²) in [5, 5.41) is 0.703. The van der Waals surface area contributed by atoms with Gasteiger partial charge in [-0.15, -0.1) is 0 Å². The van der Waals surface area contributed by atoms with Crippen LogP contribution in [0, 0.1) is 0 Å². The number of unbranched alkanes of at least 4 members (excludes halogenated alkanes) is 1. The largest absolute Gasteiger partial charge is 0.326 e. The van der Waals surface area contributed by atoms with Gasteiger partial charge in [-0.1, -0.05) is 44.0 Å². The van der Waals surface area contributed by atoms with Crippen molar-refractivity contribution in [3.63, 3.8) is 0 Å². The predicted octanol–water partition coefficient (Wildman–Crippen LogP) is 5.82. The molecular weight excluding hydrogens is 279 g/mol. The van der Waals surface area contributed by atoms with Crippen LogP contribution in [-0.4, -0.2) is 12.8 Å². The Hall–Kier alpha value is -0.560. The van der Waals surface area contributed by atoms with Crippen LogP contribution in [0.2, 0.25) is 5.02 Å². The van der Waals surface area contributed by atoms with Crippen molar-refractivity contribution in [2.24, 2.45) is 0 Å². The fourth-order valence-corrected chi connectivity index (χ4v) is 3.41. The second-order valence-corrected chi connectivity index (χ2v) is 7.59. The number of rotatable bonds is 7. The van der Waals surface area contributed by atoms with E-state index in [4.69, 9.17) is 16.1 Å². The lowest BCUT2D eigenvalue weighted by Gasteiger charge is -2.14. The lowest BCUT2D eigenvalue weighted by molar-refractivity contribution is 0.312. The lowest BCUT2D eigenvalue weighted by Crippen LogP contribution is -1.94. The van der Waals surface area contributed by atoms with Crippen LogP contribution in [0.4, 0.5) is 0 Å². The first-order valence-electron chi connectivity index (χ1n) is 6.69. The van der Waals surface area contributed by atoms with Crippen LogP contribution in [0.3, 0.4) is 0 Å². The van der Waals surface area contributed by atoms with Crippen molar-refractivity contribution < 1.29 is 9.09 Å². The summed E-state index contributed by atoms with van der Waals surface area (Å²) >= 11 is 5.86. The number of halogens is 1. The van der Waals surface area contributed by atoms with Crippen LogP contribution < -0.4 is 0 Å². The molecule has 1 unspecified atom stereocenters. The molecule has 2 nitrogen and oxygen atoms in total. The molecule has 0 aliphatic heterocycles. The minimum Gasteiger partial charge on any atom is -0.326 e. The van der Waals surface area contributed by atoms with Gasteiger partial charge in [-0.25, -0.2) is 0 Å². The highest BCUT2D eigenvalue weighted by Gasteiger charge is 2.17. The molecule has 1 aromatic carbocycles. The molecule has 0 aliphatic rings. The maximum atomic E-state index is 12.6. The maximum Gasteiger partial charge on any atom is 0.225 e. The highest BCUT2D eigenvalue weighted by molar-refractivity contribution is 7.62. The quantitative estimate of drug-likeness (QED) is 0.469. The first-order valence-corrected chi connectivity index (χ1v) is 8.95. The van der Waals surface area contributed by atoms with Crippen molar-refractivity contribution in [2.75, 3.05) is 12.8 Å². The third kappa shape index (κ3) is 5.52. The molecule has 0 spiro atoms. The molecule has 0 saturated carbocycles. The smallest absolute Gasteiger partial charge is 0.225 e. The van der Waals surface area contributed by atoms with E-state index in [1.807, 2.05) is 38.1 Å². The number of benzene rings is 1. The predicted molar refractivity (Wildman–Crippen MR) is 84.1 cm³/mol. The van der Waals surface area contributed by atoms with E-state index in [0.717, 1.165) is 24.0 Å². The zero-order valence-corrected chi connectivity index (χ0v) is 13.5. The van der Waals surface area contributed by atoms with Gasteiger partial charge >= 0.3 is 0 Å². The lowest BCUT2D eigenvalue weighted by atomic mass is 10.1. The molecule has 1 atom stereocenters. The number of allylic oxidation sites excluding steroid dienone is 1. The number of hydrogen-bond acceptors (Lipinski definition) is 2. The van der Waals surface area contributed by atoms with E-state index in [2.05, 4.69) is 6.92 Å². The Kier molecular flexibility index (Phi) is 6.85. The molecule has 0 heterocycles. The van der Waals surface area contributed by atoms with Gasteiger partial charge in [-0.2, -0.15) is 0 Å².